The topological polar surface area (TPSA) is 90.1 Å². The molecule has 0 saturated heterocycles. The molecule has 6 nitrogen and oxygen atoms in total. The van der Waals surface area contributed by atoms with E-state index in [-0.39, 0.29) is 12.5 Å². The van der Waals surface area contributed by atoms with E-state index in [1.807, 2.05) is 24.3 Å². The van der Waals surface area contributed by atoms with E-state index in [1.165, 1.54) is 16.9 Å². The molecule has 7 heteroatoms. The van der Waals surface area contributed by atoms with Gasteiger partial charge in [-0.1, -0.05) is 30.4 Å². The molecule has 0 aliphatic heterocycles. The van der Waals surface area contributed by atoms with Crippen molar-refractivity contribution in [1.29, 1.82) is 0 Å². The summed E-state index contributed by atoms with van der Waals surface area (Å²) in [5, 5.41) is 11.5. The average Bonchev–Trinajstić information content (AvgIpc) is 2.93. The number of benzene rings is 1. The molecule has 1 amide bonds. The first-order valence-electron chi connectivity index (χ1n) is 6.25. The summed E-state index contributed by atoms with van der Waals surface area (Å²) in [6.07, 6.45) is 1.00. The van der Waals surface area contributed by atoms with E-state index in [4.69, 9.17) is 10.5 Å². The quantitative estimate of drug-likeness (QED) is 0.843. The summed E-state index contributed by atoms with van der Waals surface area (Å²) < 4.78 is 5.61. The summed E-state index contributed by atoms with van der Waals surface area (Å²) in [4.78, 5) is 11.1. The normalized spacial score (nSPS) is 10.3. The van der Waals surface area contributed by atoms with Gasteiger partial charge in [0, 0.05) is 0 Å². The molecule has 0 fully saturated rings. The van der Waals surface area contributed by atoms with Gasteiger partial charge in [0.05, 0.1) is 6.54 Å². The number of aromatic nitrogens is 2. The summed E-state index contributed by atoms with van der Waals surface area (Å²) in [6, 6.07) is 7.92. The molecule has 1 heterocycles. The molecule has 0 aliphatic rings. The van der Waals surface area contributed by atoms with Crippen molar-refractivity contribution < 1.29 is 9.53 Å². The SMILES string of the molecule is CCc1ccc(OCc2nnc(NC(=O)CN)s2)cc1. The molecule has 0 atom stereocenters. The maximum atomic E-state index is 11.1. The number of nitrogens with two attached hydrogens (primary N) is 1. The Labute approximate surface area is 121 Å². The van der Waals surface area contributed by atoms with Crippen molar-refractivity contribution in [2.24, 2.45) is 5.73 Å². The van der Waals surface area contributed by atoms with Crippen molar-refractivity contribution in [3.63, 3.8) is 0 Å². The van der Waals surface area contributed by atoms with E-state index in [1.54, 1.807) is 0 Å². The van der Waals surface area contributed by atoms with E-state index in [0.29, 0.717) is 16.7 Å². The fourth-order valence-corrected chi connectivity index (χ4v) is 2.17. The number of anilines is 1. The van der Waals surface area contributed by atoms with Gasteiger partial charge in [0.15, 0.2) is 5.01 Å². The summed E-state index contributed by atoms with van der Waals surface area (Å²) in [5.74, 6) is 0.494. The van der Waals surface area contributed by atoms with Crippen LogP contribution in [-0.4, -0.2) is 22.6 Å². The number of ether oxygens (including phenoxy) is 1. The van der Waals surface area contributed by atoms with Gasteiger partial charge in [-0.3, -0.25) is 10.1 Å². The predicted molar refractivity (Wildman–Crippen MR) is 77.7 cm³/mol. The Morgan fingerprint density at radius 3 is 2.75 bits per heavy atom. The number of nitrogens with one attached hydrogen (secondary N) is 1. The van der Waals surface area contributed by atoms with Crippen LogP contribution in [0.4, 0.5) is 5.13 Å². The highest BCUT2D eigenvalue weighted by atomic mass is 32.1. The third-order valence-corrected chi connectivity index (χ3v) is 3.40. The molecule has 0 bridgehead atoms. The Hall–Kier alpha value is -1.99. The summed E-state index contributed by atoms with van der Waals surface area (Å²) in [7, 11) is 0. The number of amides is 1. The van der Waals surface area contributed by atoms with Gasteiger partial charge in [-0.15, -0.1) is 10.2 Å². The second-order valence-corrected chi connectivity index (χ2v) is 5.10. The number of nitrogens with zero attached hydrogens (tertiary/aromatic N) is 2. The molecule has 2 rings (SSSR count). The lowest BCUT2D eigenvalue weighted by Crippen LogP contribution is -2.21. The molecule has 2 aromatic rings. The highest BCUT2D eigenvalue weighted by molar-refractivity contribution is 7.15. The fraction of sp³-hybridized carbons (Fsp3) is 0.308. The Morgan fingerprint density at radius 2 is 2.10 bits per heavy atom. The van der Waals surface area contributed by atoms with Gasteiger partial charge >= 0.3 is 0 Å². The van der Waals surface area contributed by atoms with Crippen LogP contribution in [0.2, 0.25) is 0 Å². The number of aryl methyl sites for hydroxylation is 1. The van der Waals surface area contributed by atoms with Crippen molar-refractivity contribution in [2.75, 3.05) is 11.9 Å². The molecule has 1 aromatic heterocycles. The summed E-state index contributed by atoms with van der Waals surface area (Å²) in [5.41, 5.74) is 6.47. The molecule has 0 unspecified atom stereocenters. The molecule has 20 heavy (non-hydrogen) atoms. The lowest BCUT2D eigenvalue weighted by Gasteiger charge is -2.04. The molecular formula is C13H16N4O2S. The third-order valence-electron chi connectivity index (χ3n) is 2.59. The second-order valence-electron chi connectivity index (χ2n) is 4.04. The monoisotopic (exact) mass is 292 g/mol. The highest BCUT2D eigenvalue weighted by Crippen LogP contribution is 2.18. The van der Waals surface area contributed by atoms with Gasteiger partial charge in [0.25, 0.3) is 0 Å². The van der Waals surface area contributed by atoms with Crippen LogP contribution in [0.25, 0.3) is 0 Å². The second kappa shape index (κ2) is 6.97. The fourth-order valence-electron chi connectivity index (χ4n) is 1.50. The van der Waals surface area contributed by atoms with Gasteiger partial charge in [-0.05, 0) is 24.1 Å². The molecule has 0 aliphatic carbocycles. The lowest BCUT2D eigenvalue weighted by atomic mass is 10.2. The van der Waals surface area contributed by atoms with E-state index in [0.717, 1.165) is 12.2 Å². The van der Waals surface area contributed by atoms with Crippen LogP contribution in [-0.2, 0) is 17.8 Å². The maximum Gasteiger partial charge on any atom is 0.239 e. The Kier molecular flexibility index (Phi) is 5.03. The van der Waals surface area contributed by atoms with Gasteiger partial charge in [0.2, 0.25) is 11.0 Å². The third kappa shape index (κ3) is 4.01. The van der Waals surface area contributed by atoms with Crippen LogP contribution in [0, 0.1) is 0 Å². The maximum absolute atomic E-state index is 11.1. The number of hydrogen-bond acceptors (Lipinski definition) is 6. The number of hydrogen-bond donors (Lipinski definition) is 2. The van der Waals surface area contributed by atoms with Crippen molar-refractivity contribution >= 4 is 22.4 Å². The van der Waals surface area contributed by atoms with Crippen molar-refractivity contribution in [3.8, 4) is 5.75 Å². The van der Waals surface area contributed by atoms with Crippen LogP contribution in [0.3, 0.4) is 0 Å². The minimum atomic E-state index is -0.288. The molecule has 0 spiro atoms. The molecule has 106 valence electrons. The number of carbonyl (C=O) groups is 1. The molecule has 1 aromatic carbocycles. The van der Waals surface area contributed by atoms with Crippen LogP contribution < -0.4 is 15.8 Å². The Balaban J connectivity index is 1.88. The largest absolute Gasteiger partial charge is 0.486 e. The van der Waals surface area contributed by atoms with Crippen LogP contribution in [0.5, 0.6) is 5.75 Å². The minimum absolute atomic E-state index is 0.0742. The number of carbonyl (C=O) groups excluding carboxylic acids is 1. The highest BCUT2D eigenvalue weighted by Gasteiger charge is 2.07. The van der Waals surface area contributed by atoms with Crippen LogP contribution in [0.15, 0.2) is 24.3 Å². The van der Waals surface area contributed by atoms with E-state index >= 15 is 0 Å². The van der Waals surface area contributed by atoms with E-state index in [9.17, 15) is 4.79 Å². The Bertz CT molecular complexity index is 568. The Morgan fingerprint density at radius 1 is 1.35 bits per heavy atom. The molecule has 0 saturated carbocycles. The zero-order chi connectivity index (χ0) is 14.4. The first-order valence-corrected chi connectivity index (χ1v) is 7.07. The summed E-state index contributed by atoms with van der Waals surface area (Å²) >= 11 is 1.27. The van der Waals surface area contributed by atoms with Crippen LogP contribution >= 0.6 is 11.3 Å². The zero-order valence-electron chi connectivity index (χ0n) is 11.1. The zero-order valence-corrected chi connectivity index (χ0v) is 11.9. The van der Waals surface area contributed by atoms with Crippen molar-refractivity contribution in [2.45, 2.75) is 20.0 Å². The van der Waals surface area contributed by atoms with Gasteiger partial charge in [-0.25, -0.2) is 0 Å². The minimum Gasteiger partial charge on any atom is -0.486 e. The molecule has 3 N–H and O–H groups in total. The lowest BCUT2D eigenvalue weighted by molar-refractivity contribution is -0.114. The van der Waals surface area contributed by atoms with Gasteiger partial charge < -0.3 is 10.5 Å². The predicted octanol–water partition coefficient (Wildman–Crippen LogP) is 1.58. The van der Waals surface area contributed by atoms with Crippen molar-refractivity contribution in [1.82, 2.24) is 10.2 Å². The van der Waals surface area contributed by atoms with Crippen LogP contribution in [0.1, 0.15) is 17.5 Å². The number of rotatable bonds is 6. The standard InChI is InChI=1S/C13H16N4O2S/c1-2-9-3-5-10(6-4-9)19-8-12-16-17-13(20-12)15-11(18)7-14/h3-6H,2,7-8,14H2,1H3,(H,15,17,18). The van der Waals surface area contributed by atoms with Gasteiger partial charge in [0.1, 0.15) is 12.4 Å². The van der Waals surface area contributed by atoms with E-state index < -0.39 is 0 Å². The van der Waals surface area contributed by atoms with Gasteiger partial charge in [-0.2, -0.15) is 0 Å². The molecular weight excluding hydrogens is 276 g/mol. The van der Waals surface area contributed by atoms with Crippen molar-refractivity contribution in [3.05, 3.63) is 34.8 Å². The first-order chi connectivity index (χ1) is 9.71. The average molecular weight is 292 g/mol. The first kappa shape index (κ1) is 14.4. The smallest absolute Gasteiger partial charge is 0.239 e. The van der Waals surface area contributed by atoms with E-state index in [2.05, 4.69) is 22.4 Å². The molecule has 0 radical (unpaired) electrons. The summed E-state index contributed by atoms with van der Waals surface area (Å²) in [6.45, 7) is 2.35.